The summed E-state index contributed by atoms with van der Waals surface area (Å²) in [4.78, 5) is 4.32. The van der Waals surface area contributed by atoms with Crippen LogP contribution in [0.2, 0.25) is 9.36 Å². The molecule has 80 valence electrons. The Bertz CT molecular complexity index is 540. The summed E-state index contributed by atoms with van der Waals surface area (Å²) in [6.07, 6.45) is 0.239. The molecule has 2 nitrogen and oxygen atoms in total. The van der Waals surface area contributed by atoms with Gasteiger partial charge < -0.3 is 0 Å². The van der Waals surface area contributed by atoms with Crippen LogP contribution in [0.1, 0.15) is 5.69 Å². The van der Waals surface area contributed by atoms with Gasteiger partial charge in [-0.15, -0.1) is 11.3 Å². The van der Waals surface area contributed by atoms with Crippen molar-refractivity contribution in [2.75, 3.05) is 0 Å². The predicted octanol–water partition coefficient (Wildman–Crippen LogP) is 4.18. The summed E-state index contributed by atoms with van der Waals surface area (Å²) >= 11 is 13.2. The number of hydrogen-bond donors (Lipinski definition) is 0. The molecule has 0 spiro atoms. The van der Waals surface area contributed by atoms with Crippen LogP contribution in [0.5, 0.6) is 0 Å². The van der Waals surface area contributed by atoms with Gasteiger partial charge in [0, 0.05) is 10.6 Å². The van der Waals surface area contributed by atoms with Crippen molar-refractivity contribution in [2.45, 2.75) is 6.42 Å². The van der Waals surface area contributed by atoms with Gasteiger partial charge >= 0.3 is 0 Å². The van der Waals surface area contributed by atoms with Crippen LogP contribution in [0.4, 0.5) is 0 Å². The minimum atomic E-state index is 0.239. The summed E-state index contributed by atoms with van der Waals surface area (Å²) in [7, 11) is 0. The van der Waals surface area contributed by atoms with E-state index in [9.17, 15) is 0 Å². The van der Waals surface area contributed by atoms with Gasteiger partial charge in [-0.2, -0.15) is 5.26 Å². The van der Waals surface area contributed by atoms with E-state index in [0.717, 1.165) is 10.6 Å². The largest absolute Gasteiger partial charge is 0.238 e. The average molecular weight is 269 g/mol. The van der Waals surface area contributed by atoms with E-state index in [0.29, 0.717) is 15.1 Å². The molecule has 0 bridgehead atoms. The zero-order valence-electron chi connectivity index (χ0n) is 8.08. The van der Waals surface area contributed by atoms with Gasteiger partial charge in [-0.05, 0) is 12.1 Å². The zero-order chi connectivity index (χ0) is 11.5. The van der Waals surface area contributed by atoms with E-state index in [1.54, 1.807) is 12.1 Å². The first-order chi connectivity index (χ1) is 7.70. The molecular weight excluding hydrogens is 263 g/mol. The first-order valence-electron chi connectivity index (χ1n) is 4.49. The number of nitriles is 1. The third-order valence-corrected chi connectivity index (χ3v) is 3.62. The van der Waals surface area contributed by atoms with Crippen LogP contribution in [0.15, 0.2) is 24.3 Å². The highest BCUT2D eigenvalue weighted by atomic mass is 35.5. The van der Waals surface area contributed by atoms with Crippen LogP contribution in [0, 0.1) is 11.3 Å². The first kappa shape index (κ1) is 11.4. The molecule has 0 atom stereocenters. The normalized spacial score (nSPS) is 10.1. The Morgan fingerprint density at radius 2 is 1.94 bits per heavy atom. The topological polar surface area (TPSA) is 36.7 Å². The number of rotatable bonds is 2. The molecule has 0 amide bonds. The standard InChI is InChI=1S/C11H6Cl2N2S/c12-8-3-1-7(2-4-8)11-15-9(5-6-14)10(13)16-11/h1-4H,5H2. The van der Waals surface area contributed by atoms with Crippen LogP contribution in [0.25, 0.3) is 10.6 Å². The second kappa shape index (κ2) is 4.84. The summed E-state index contributed by atoms with van der Waals surface area (Å²) in [5, 5.41) is 10.1. The summed E-state index contributed by atoms with van der Waals surface area (Å²) in [6, 6.07) is 9.41. The van der Waals surface area contributed by atoms with Crippen LogP contribution in [-0.2, 0) is 6.42 Å². The molecular formula is C11H6Cl2N2S. The Morgan fingerprint density at radius 3 is 2.56 bits per heavy atom. The summed E-state index contributed by atoms with van der Waals surface area (Å²) in [5.74, 6) is 0. The van der Waals surface area contributed by atoms with Crippen LogP contribution in [0.3, 0.4) is 0 Å². The van der Waals surface area contributed by atoms with Crippen molar-refractivity contribution in [1.82, 2.24) is 4.98 Å². The van der Waals surface area contributed by atoms with E-state index in [4.69, 9.17) is 28.5 Å². The molecule has 2 rings (SSSR count). The molecule has 5 heteroatoms. The molecule has 0 aliphatic carbocycles. The molecule has 1 aromatic carbocycles. The quantitative estimate of drug-likeness (QED) is 0.819. The molecule has 0 fully saturated rings. The molecule has 0 aliphatic heterocycles. The highest BCUT2D eigenvalue weighted by molar-refractivity contribution is 7.19. The first-order valence-corrected chi connectivity index (χ1v) is 6.06. The van der Waals surface area contributed by atoms with Crippen LogP contribution in [-0.4, -0.2) is 4.98 Å². The van der Waals surface area contributed by atoms with Crippen LogP contribution < -0.4 is 0 Å². The van der Waals surface area contributed by atoms with Gasteiger partial charge in [-0.1, -0.05) is 35.3 Å². The monoisotopic (exact) mass is 268 g/mol. The molecule has 16 heavy (non-hydrogen) atoms. The fourth-order valence-corrected chi connectivity index (χ4v) is 2.50. The van der Waals surface area contributed by atoms with Gasteiger partial charge in [0.05, 0.1) is 18.2 Å². The molecule has 0 saturated carbocycles. The lowest BCUT2D eigenvalue weighted by molar-refractivity contribution is 1.16. The van der Waals surface area contributed by atoms with E-state index in [1.807, 2.05) is 18.2 Å². The Labute approximate surface area is 107 Å². The summed E-state index contributed by atoms with van der Waals surface area (Å²) in [5.41, 5.74) is 1.60. The van der Waals surface area contributed by atoms with Gasteiger partial charge in [0.15, 0.2) is 0 Å². The van der Waals surface area contributed by atoms with Gasteiger partial charge in [0.25, 0.3) is 0 Å². The highest BCUT2D eigenvalue weighted by Crippen LogP contribution is 2.32. The second-order valence-corrected chi connectivity index (χ2v) is 5.12. The van der Waals surface area contributed by atoms with E-state index >= 15 is 0 Å². The molecule has 0 radical (unpaired) electrons. The third-order valence-electron chi connectivity index (χ3n) is 1.99. The van der Waals surface area contributed by atoms with Gasteiger partial charge in [-0.3, -0.25) is 0 Å². The van der Waals surface area contributed by atoms with Crippen molar-refractivity contribution in [3.63, 3.8) is 0 Å². The molecule has 0 N–H and O–H groups in total. The second-order valence-electron chi connectivity index (χ2n) is 3.08. The van der Waals surface area contributed by atoms with E-state index in [2.05, 4.69) is 4.98 Å². The number of nitrogens with zero attached hydrogens (tertiary/aromatic N) is 2. The lowest BCUT2D eigenvalue weighted by atomic mass is 10.2. The maximum absolute atomic E-state index is 8.60. The Morgan fingerprint density at radius 1 is 1.25 bits per heavy atom. The maximum atomic E-state index is 8.60. The number of halogens is 2. The number of aromatic nitrogens is 1. The zero-order valence-corrected chi connectivity index (χ0v) is 10.4. The molecule has 1 aromatic heterocycles. The van der Waals surface area contributed by atoms with Crippen molar-refractivity contribution < 1.29 is 0 Å². The Balaban J connectivity index is 2.38. The fraction of sp³-hybridized carbons (Fsp3) is 0.0909. The predicted molar refractivity (Wildman–Crippen MR) is 66.9 cm³/mol. The highest BCUT2D eigenvalue weighted by Gasteiger charge is 2.10. The smallest absolute Gasteiger partial charge is 0.125 e. The molecule has 1 heterocycles. The van der Waals surface area contributed by atoms with Gasteiger partial charge in [-0.25, -0.2) is 4.98 Å². The van der Waals surface area contributed by atoms with E-state index in [-0.39, 0.29) is 6.42 Å². The SMILES string of the molecule is N#CCc1nc(-c2ccc(Cl)cc2)sc1Cl. The van der Waals surface area contributed by atoms with Crippen molar-refractivity contribution in [3.8, 4) is 16.6 Å². The fourth-order valence-electron chi connectivity index (χ4n) is 1.23. The lowest BCUT2D eigenvalue weighted by Gasteiger charge is -1.95. The maximum Gasteiger partial charge on any atom is 0.125 e. The summed E-state index contributed by atoms with van der Waals surface area (Å²) < 4.78 is 0.575. The van der Waals surface area contributed by atoms with Crippen molar-refractivity contribution in [2.24, 2.45) is 0 Å². The minimum Gasteiger partial charge on any atom is -0.238 e. The van der Waals surface area contributed by atoms with Crippen LogP contribution >= 0.6 is 34.5 Å². The van der Waals surface area contributed by atoms with Gasteiger partial charge in [0.1, 0.15) is 9.34 Å². The lowest BCUT2D eigenvalue weighted by Crippen LogP contribution is -1.82. The number of benzene rings is 1. The molecule has 0 aliphatic rings. The average Bonchev–Trinajstić information content (AvgIpc) is 2.62. The van der Waals surface area contributed by atoms with Gasteiger partial charge in [0.2, 0.25) is 0 Å². The van der Waals surface area contributed by atoms with E-state index < -0.39 is 0 Å². The molecule has 0 saturated heterocycles. The Hall–Kier alpha value is -1.08. The summed E-state index contributed by atoms with van der Waals surface area (Å²) in [6.45, 7) is 0. The molecule has 0 unspecified atom stereocenters. The van der Waals surface area contributed by atoms with Crippen molar-refractivity contribution in [1.29, 1.82) is 5.26 Å². The minimum absolute atomic E-state index is 0.239. The number of hydrogen-bond acceptors (Lipinski definition) is 3. The Kier molecular flexibility index (Phi) is 3.45. The van der Waals surface area contributed by atoms with Crippen molar-refractivity contribution >= 4 is 34.5 Å². The van der Waals surface area contributed by atoms with Crippen molar-refractivity contribution in [3.05, 3.63) is 39.3 Å². The third kappa shape index (κ3) is 2.35. The molecule has 2 aromatic rings. The number of thiazole rings is 1. The van der Waals surface area contributed by atoms with E-state index in [1.165, 1.54) is 11.3 Å².